The lowest BCUT2D eigenvalue weighted by molar-refractivity contribution is 0.0683. The first-order valence-electron chi connectivity index (χ1n) is 5.81. The zero-order chi connectivity index (χ0) is 11.8. The summed E-state index contributed by atoms with van der Waals surface area (Å²) in [4.78, 5) is 17.3. The molecule has 0 spiro atoms. The lowest BCUT2D eigenvalue weighted by atomic mass is 10.1. The number of nitrogens with zero attached hydrogens (tertiary/aromatic N) is 1. The molecule has 0 bridgehead atoms. The maximum absolute atomic E-state index is 12.3. The van der Waals surface area contributed by atoms with Crippen LogP contribution in [0.3, 0.4) is 0 Å². The molecule has 1 saturated heterocycles. The zero-order valence-electron chi connectivity index (χ0n) is 9.73. The van der Waals surface area contributed by atoms with Crippen LogP contribution in [0, 0.1) is 0 Å². The molecule has 1 aliphatic heterocycles. The minimum atomic E-state index is 0.0916. The van der Waals surface area contributed by atoms with E-state index in [2.05, 4.69) is 10.3 Å². The van der Waals surface area contributed by atoms with Gasteiger partial charge in [0, 0.05) is 37.2 Å². The number of carbonyl (C=O) groups is 1. The molecule has 17 heavy (non-hydrogen) atoms. The van der Waals surface area contributed by atoms with Crippen LogP contribution in [-0.2, 0) is 0 Å². The number of nitrogens with one attached hydrogen (secondary N) is 2. The van der Waals surface area contributed by atoms with E-state index in [0.29, 0.717) is 6.04 Å². The van der Waals surface area contributed by atoms with E-state index in [-0.39, 0.29) is 5.91 Å². The van der Waals surface area contributed by atoms with E-state index in [0.717, 1.165) is 29.6 Å². The molecular formula is C13H15N3O. The number of amides is 1. The van der Waals surface area contributed by atoms with Gasteiger partial charge in [-0.1, -0.05) is 18.2 Å². The monoisotopic (exact) mass is 229 g/mol. The molecule has 0 atom stereocenters. The molecule has 2 N–H and O–H groups in total. The fraction of sp³-hybridized carbons (Fsp3) is 0.308. The Labute approximate surface area is 99.6 Å². The van der Waals surface area contributed by atoms with Crippen molar-refractivity contribution in [3.05, 3.63) is 36.0 Å². The van der Waals surface area contributed by atoms with Crippen molar-refractivity contribution in [2.45, 2.75) is 6.04 Å². The summed E-state index contributed by atoms with van der Waals surface area (Å²) in [6.07, 6.45) is 1.80. The summed E-state index contributed by atoms with van der Waals surface area (Å²) in [5.41, 5.74) is 1.77. The van der Waals surface area contributed by atoms with Crippen LogP contribution in [0.2, 0.25) is 0 Å². The summed E-state index contributed by atoms with van der Waals surface area (Å²) in [6, 6.07) is 8.21. The summed E-state index contributed by atoms with van der Waals surface area (Å²) in [6.45, 7) is 1.79. The van der Waals surface area contributed by atoms with Crippen LogP contribution >= 0.6 is 0 Å². The van der Waals surface area contributed by atoms with E-state index in [4.69, 9.17) is 0 Å². The van der Waals surface area contributed by atoms with Gasteiger partial charge in [-0.2, -0.15) is 0 Å². The summed E-state index contributed by atoms with van der Waals surface area (Å²) in [5, 5.41) is 4.17. The van der Waals surface area contributed by atoms with E-state index in [1.807, 2.05) is 36.2 Å². The van der Waals surface area contributed by atoms with Crippen LogP contribution in [0.15, 0.2) is 30.5 Å². The highest BCUT2D eigenvalue weighted by Crippen LogP contribution is 2.20. The van der Waals surface area contributed by atoms with E-state index in [9.17, 15) is 4.79 Å². The van der Waals surface area contributed by atoms with E-state index >= 15 is 0 Å². The van der Waals surface area contributed by atoms with Gasteiger partial charge in [0.05, 0.1) is 11.6 Å². The smallest absolute Gasteiger partial charge is 0.256 e. The van der Waals surface area contributed by atoms with Crippen molar-refractivity contribution in [3.8, 4) is 0 Å². The maximum Gasteiger partial charge on any atom is 0.256 e. The van der Waals surface area contributed by atoms with Crippen molar-refractivity contribution in [3.63, 3.8) is 0 Å². The Hall–Kier alpha value is -1.81. The Morgan fingerprint density at radius 1 is 1.35 bits per heavy atom. The lowest BCUT2D eigenvalue weighted by Crippen LogP contribution is -2.57. The van der Waals surface area contributed by atoms with Crippen molar-refractivity contribution in [1.82, 2.24) is 15.2 Å². The summed E-state index contributed by atoms with van der Waals surface area (Å²) in [7, 11) is 1.87. The fourth-order valence-corrected chi connectivity index (χ4v) is 2.15. The van der Waals surface area contributed by atoms with Crippen molar-refractivity contribution >= 4 is 16.8 Å². The van der Waals surface area contributed by atoms with Crippen molar-refractivity contribution < 1.29 is 4.79 Å². The highest BCUT2D eigenvalue weighted by molar-refractivity contribution is 6.06. The summed E-state index contributed by atoms with van der Waals surface area (Å²) < 4.78 is 0. The van der Waals surface area contributed by atoms with Gasteiger partial charge in [-0.15, -0.1) is 0 Å². The number of aromatic amines is 1. The van der Waals surface area contributed by atoms with E-state index < -0.39 is 0 Å². The van der Waals surface area contributed by atoms with Crippen LogP contribution < -0.4 is 5.32 Å². The average Bonchev–Trinajstić information content (AvgIpc) is 2.69. The average molecular weight is 229 g/mol. The fourth-order valence-electron chi connectivity index (χ4n) is 2.15. The van der Waals surface area contributed by atoms with Crippen LogP contribution in [-0.4, -0.2) is 42.0 Å². The molecule has 4 heteroatoms. The van der Waals surface area contributed by atoms with Gasteiger partial charge in [-0.3, -0.25) is 4.79 Å². The summed E-state index contributed by atoms with van der Waals surface area (Å²) in [5.74, 6) is 0.0916. The molecule has 0 unspecified atom stereocenters. The van der Waals surface area contributed by atoms with Gasteiger partial charge in [0.25, 0.3) is 5.91 Å². The molecule has 2 heterocycles. The van der Waals surface area contributed by atoms with Gasteiger partial charge >= 0.3 is 0 Å². The molecule has 3 rings (SSSR count). The maximum atomic E-state index is 12.3. The third kappa shape index (κ3) is 1.61. The Kier molecular flexibility index (Phi) is 2.37. The number of aromatic nitrogens is 1. The van der Waals surface area contributed by atoms with Crippen LogP contribution in [0.4, 0.5) is 0 Å². The zero-order valence-corrected chi connectivity index (χ0v) is 9.73. The second kappa shape index (κ2) is 3.89. The largest absolute Gasteiger partial charge is 0.360 e. The molecule has 1 aromatic heterocycles. The number of para-hydroxylation sites is 1. The topological polar surface area (TPSA) is 48.1 Å². The number of rotatable bonds is 2. The highest BCUT2D eigenvalue weighted by atomic mass is 16.2. The number of hydrogen-bond acceptors (Lipinski definition) is 2. The molecular weight excluding hydrogens is 214 g/mol. The summed E-state index contributed by atoms with van der Waals surface area (Å²) >= 11 is 0. The van der Waals surface area contributed by atoms with Crippen molar-refractivity contribution in [2.24, 2.45) is 0 Å². The molecule has 1 aliphatic rings. The number of likely N-dealkylation sites (N-methyl/N-ethyl adjacent to an activating group) is 1. The third-order valence-corrected chi connectivity index (χ3v) is 3.45. The standard InChI is InChI=1S/C13H15N3O/c1-16(9-6-14-7-9)13(17)11-8-15-12-5-3-2-4-10(11)12/h2-5,8-9,14-15H,6-7H2,1H3. The Bertz CT molecular complexity index is 557. The molecule has 2 aromatic rings. The first-order chi connectivity index (χ1) is 8.27. The predicted octanol–water partition coefficient (Wildman–Crippen LogP) is 1.21. The number of carbonyl (C=O) groups excluding carboxylic acids is 1. The van der Waals surface area contributed by atoms with Gasteiger partial charge in [0.2, 0.25) is 0 Å². The molecule has 0 aliphatic carbocycles. The van der Waals surface area contributed by atoms with E-state index in [1.165, 1.54) is 0 Å². The normalized spacial score (nSPS) is 15.8. The molecule has 1 aromatic carbocycles. The molecule has 0 saturated carbocycles. The Morgan fingerprint density at radius 2 is 2.12 bits per heavy atom. The SMILES string of the molecule is CN(C(=O)c1c[nH]c2ccccc12)C1CNC1. The first-order valence-corrected chi connectivity index (χ1v) is 5.81. The second-order valence-corrected chi connectivity index (χ2v) is 4.48. The quantitative estimate of drug-likeness (QED) is 0.813. The Balaban J connectivity index is 1.95. The molecule has 0 radical (unpaired) electrons. The number of fused-ring (bicyclic) bond motifs is 1. The molecule has 1 amide bonds. The minimum absolute atomic E-state index is 0.0916. The van der Waals surface area contributed by atoms with Crippen LogP contribution in [0.5, 0.6) is 0 Å². The number of benzene rings is 1. The van der Waals surface area contributed by atoms with Gasteiger partial charge in [-0.05, 0) is 6.07 Å². The Morgan fingerprint density at radius 3 is 2.82 bits per heavy atom. The van der Waals surface area contributed by atoms with Gasteiger partial charge < -0.3 is 15.2 Å². The van der Waals surface area contributed by atoms with Gasteiger partial charge in [-0.25, -0.2) is 0 Å². The molecule has 88 valence electrons. The van der Waals surface area contributed by atoms with Crippen molar-refractivity contribution in [1.29, 1.82) is 0 Å². The second-order valence-electron chi connectivity index (χ2n) is 4.48. The minimum Gasteiger partial charge on any atom is -0.360 e. The molecule has 4 nitrogen and oxygen atoms in total. The number of hydrogen-bond donors (Lipinski definition) is 2. The van der Waals surface area contributed by atoms with Crippen molar-refractivity contribution in [2.75, 3.05) is 20.1 Å². The van der Waals surface area contributed by atoms with Gasteiger partial charge in [0.1, 0.15) is 0 Å². The van der Waals surface area contributed by atoms with Crippen LogP contribution in [0.1, 0.15) is 10.4 Å². The van der Waals surface area contributed by atoms with Gasteiger partial charge in [0.15, 0.2) is 0 Å². The highest BCUT2D eigenvalue weighted by Gasteiger charge is 2.27. The van der Waals surface area contributed by atoms with E-state index in [1.54, 1.807) is 6.20 Å². The third-order valence-electron chi connectivity index (χ3n) is 3.45. The predicted molar refractivity (Wildman–Crippen MR) is 67.0 cm³/mol. The van der Waals surface area contributed by atoms with Crippen LogP contribution in [0.25, 0.3) is 10.9 Å². The number of H-pyrrole nitrogens is 1. The molecule has 1 fully saturated rings. The first kappa shape index (κ1) is 10.4. The lowest BCUT2D eigenvalue weighted by Gasteiger charge is -2.35.